The van der Waals surface area contributed by atoms with Crippen molar-refractivity contribution >= 4 is 0 Å². The molecule has 0 amide bonds. The van der Waals surface area contributed by atoms with Crippen LogP contribution in [0.5, 0.6) is 0 Å². The van der Waals surface area contributed by atoms with Gasteiger partial charge in [-0.15, -0.1) is 0 Å². The lowest BCUT2D eigenvalue weighted by atomic mass is 9.71. The van der Waals surface area contributed by atoms with E-state index in [-0.39, 0.29) is 0 Å². The number of hydrogen-bond acceptors (Lipinski definition) is 2. The Balaban J connectivity index is 2.00. The van der Waals surface area contributed by atoms with Gasteiger partial charge in [0.15, 0.2) is 0 Å². The molecule has 0 radical (unpaired) electrons. The van der Waals surface area contributed by atoms with Crippen molar-refractivity contribution in [3.8, 4) is 0 Å². The van der Waals surface area contributed by atoms with Crippen molar-refractivity contribution in [2.24, 2.45) is 23.2 Å². The van der Waals surface area contributed by atoms with E-state index in [1.807, 2.05) is 0 Å². The summed E-state index contributed by atoms with van der Waals surface area (Å²) in [5.41, 5.74) is 0.421. The van der Waals surface area contributed by atoms with Crippen LogP contribution in [0.15, 0.2) is 0 Å². The minimum Gasteiger partial charge on any atom is -0.377 e. The quantitative estimate of drug-likeness (QED) is 0.750. The second-order valence-electron chi connectivity index (χ2n) is 7.21. The monoisotopic (exact) mass is 253 g/mol. The van der Waals surface area contributed by atoms with E-state index in [0.717, 1.165) is 30.9 Å². The summed E-state index contributed by atoms with van der Waals surface area (Å²) < 4.78 is 6.11. The Hall–Kier alpha value is -0.0800. The first-order valence-corrected chi connectivity index (χ1v) is 7.83. The zero-order valence-corrected chi connectivity index (χ0v) is 12.7. The van der Waals surface area contributed by atoms with Gasteiger partial charge in [0.25, 0.3) is 0 Å². The summed E-state index contributed by atoms with van der Waals surface area (Å²) >= 11 is 0. The minimum atomic E-state index is 0.421. The predicted octanol–water partition coefficient (Wildman–Crippen LogP) is 3.46. The summed E-state index contributed by atoms with van der Waals surface area (Å²) in [6.07, 6.45) is 7.29. The first-order valence-electron chi connectivity index (χ1n) is 7.83. The summed E-state index contributed by atoms with van der Waals surface area (Å²) in [6, 6.07) is 0. The van der Waals surface area contributed by atoms with Gasteiger partial charge in [-0.05, 0) is 56.9 Å². The van der Waals surface area contributed by atoms with E-state index >= 15 is 0 Å². The van der Waals surface area contributed by atoms with E-state index in [1.54, 1.807) is 0 Å². The van der Waals surface area contributed by atoms with E-state index in [9.17, 15) is 0 Å². The molecule has 2 aliphatic rings. The molecule has 0 spiro atoms. The predicted molar refractivity (Wildman–Crippen MR) is 76.7 cm³/mol. The summed E-state index contributed by atoms with van der Waals surface area (Å²) in [6.45, 7) is 9.23. The van der Waals surface area contributed by atoms with Crippen LogP contribution in [-0.2, 0) is 4.74 Å². The average molecular weight is 253 g/mol. The van der Waals surface area contributed by atoms with Gasteiger partial charge in [-0.25, -0.2) is 0 Å². The van der Waals surface area contributed by atoms with Gasteiger partial charge in [-0.3, -0.25) is 0 Å². The molecular weight excluding hydrogens is 222 g/mol. The van der Waals surface area contributed by atoms with Gasteiger partial charge in [0.05, 0.1) is 6.10 Å². The molecule has 2 rings (SSSR count). The van der Waals surface area contributed by atoms with Crippen molar-refractivity contribution in [2.45, 2.75) is 59.0 Å². The molecule has 0 aromatic carbocycles. The van der Waals surface area contributed by atoms with Crippen LogP contribution in [0.1, 0.15) is 52.9 Å². The maximum Gasteiger partial charge on any atom is 0.0672 e. The third-order valence-electron chi connectivity index (χ3n) is 4.71. The van der Waals surface area contributed by atoms with Gasteiger partial charge >= 0.3 is 0 Å². The maximum atomic E-state index is 6.11. The largest absolute Gasteiger partial charge is 0.377 e. The molecule has 1 heterocycles. The van der Waals surface area contributed by atoms with Crippen LogP contribution < -0.4 is 5.32 Å². The standard InChI is InChI=1S/C16H31NO/c1-12(2)9-13(3)10-16(11-17-4)7-8-18-15(16)14-5-6-14/h12-15,17H,5-11H2,1-4H3. The van der Waals surface area contributed by atoms with Gasteiger partial charge < -0.3 is 10.1 Å². The van der Waals surface area contributed by atoms with Crippen LogP contribution in [-0.4, -0.2) is 26.3 Å². The lowest BCUT2D eigenvalue weighted by molar-refractivity contribution is 0.0191. The van der Waals surface area contributed by atoms with Crippen LogP contribution in [0.4, 0.5) is 0 Å². The third kappa shape index (κ3) is 3.27. The SMILES string of the molecule is CNCC1(CC(C)CC(C)C)CCOC1C1CC1. The highest BCUT2D eigenvalue weighted by molar-refractivity contribution is 5.01. The number of nitrogens with one attached hydrogen (secondary N) is 1. The van der Waals surface area contributed by atoms with E-state index in [2.05, 4.69) is 33.1 Å². The van der Waals surface area contributed by atoms with Gasteiger partial charge in [0.2, 0.25) is 0 Å². The second kappa shape index (κ2) is 5.92. The molecule has 0 bridgehead atoms. The first-order chi connectivity index (χ1) is 8.57. The lowest BCUT2D eigenvalue weighted by Crippen LogP contribution is -2.42. The van der Waals surface area contributed by atoms with Crippen LogP contribution in [0.3, 0.4) is 0 Å². The number of rotatable bonds is 7. The topological polar surface area (TPSA) is 21.3 Å². The molecule has 3 unspecified atom stereocenters. The maximum absolute atomic E-state index is 6.11. The summed E-state index contributed by atoms with van der Waals surface area (Å²) in [5, 5.41) is 3.44. The van der Waals surface area contributed by atoms with Crippen LogP contribution in [0.2, 0.25) is 0 Å². The van der Waals surface area contributed by atoms with Gasteiger partial charge in [-0.1, -0.05) is 20.8 Å². The molecular formula is C16H31NO. The highest BCUT2D eigenvalue weighted by Crippen LogP contribution is 2.50. The van der Waals surface area contributed by atoms with Crippen molar-refractivity contribution in [3.05, 3.63) is 0 Å². The van der Waals surface area contributed by atoms with E-state index in [4.69, 9.17) is 4.74 Å². The second-order valence-corrected chi connectivity index (χ2v) is 7.21. The van der Waals surface area contributed by atoms with Crippen LogP contribution in [0, 0.1) is 23.2 Å². The molecule has 3 atom stereocenters. The molecule has 1 saturated carbocycles. The molecule has 2 heteroatoms. The fourth-order valence-electron chi connectivity index (χ4n) is 4.16. The van der Waals surface area contributed by atoms with Crippen LogP contribution >= 0.6 is 0 Å². The van der Waals surface area contributed by atoms with E-state index in [1.165, 1.54) is 32.1 Å². The van der Waals surface area contributed by atoms with Gasteiger partial charge in [-0.2, -0.15) is 0 Å². The summed E-state index contributed by atoms with van der Waals surface area (Å²) in [4.78, 5) is 0. The molecule has 0 aromatic rings. The third-order valence-corrected chi connectivity index (χ3v) is 4.71. The zero-order valence-electron chi connectivity index (χ0n) is 12.7. The smallest absolute Gasteiger partial charge is 0.0672 e. The fraction of sp³-hybridized carbons (Fsp3) is 1.00. The molecule has 2 fully saturated rings. The van der Waals surface area contributed by atoms with E-state index in [0.29, 0.717) is 11.5 Å². The molecule has 1 N–H and O–H groups in total. The molecule has 1 aliphatic heterocycles. The highest BCUT2D eigenvalue weighted by atomic mass is 16.5. The molecule has 1 aliphatic carbocycles. The summed E-state index contributed by atoms with van der Waals surface area (Å²) in [5.74, 6) is 2.50. The molecule has 0 aromatic heterocycles. The Bertz CT molecular complexity index is 262. The van der Waals surface area contributed by atoms with Crippen molar-refractivity contribution in [1.29, 1.82) is 0 Å². The Morgan fingerprint density at radius 2 is 2.00 bits per heavy atom. The van der Waals surface area contributed by atoms with Crippen LogP contribution in [0.25, 0.3) is 0 Å². The van der Waals surface area contributed by atoms with Gasteiger partial charge in [0, 0.05) is 18.6 Å². The molecule has 18 heavy (non-hydrogen) atoms. The lowest BCUT2D eigenvalue weighted by Gasteiger charge is -2.37. The Morgan fingerprint density at radius 1 is 1.28 bits per heavy atom. The highest BCUT2D eigenvalue weighted by Gasteiger charge is 2.50. The number of hydrogen-bond donors (Lipinski definition) is 1. The fourth-order valence-corrected chi connectivity index (χ4v) is 4.16. The average Bonchev–Trinajstić information content (AvgIpc) is 3.01. The number of ether oxygens (including phenoxy) is 1. The Morgan fingerprint density at radius 3 is 2.56 bits per heavy atom. The first kappa shape index (κ1) is 14.3. The normalized spacial score (nSPS) is 34.2. The van der Waals surface area contributed by atoms with Gasteiger partial charge in [0.1, 0.15) is 0 Å². The van der Waals surface area contributed by atoms with E-state index < -0.39 is 0 Å². The van der Waals surface area contributed by atoms with Crippen molar-refractivity contribution in [3.63, 3.8) is 0 Å². The minimum absolute atomic E-state index is 0.421. The Labute approximate surface area is 113 Å². The van der Waals surface area contributed by atoms with Crippen molar-refractivity contribution in [2.75, 3.05) is 20.2 Å². The molecule has 1 saturated heterocycles. The van der Waals surface area contributed by atoms with Crippen molar-refractivity contribution < 1.29 is 4.74 Å². The summed E-state index contributed by atoms with van der Waals surface area (Å²) in [7, 11) is 2.09. The zero-order chi connectivity index (χ0) is 13.2. The molecule has 106 valence electrons. The van der Waals surface area contributed by atoms with Crippen molar-refractivity contribution in [1.82, 2.24) is 5.32 Å². The Kier molecular flexibility index (Phi) is 4.71. The molecule has 2 nitrogen and oxygen atoms in total.